The highest BCUT2D eigenvalue weighted by molar-refractivity contribution is 8.14. The second-order valence-corrected chi connectivity index (χ2v) is 8.92. The monoisotopic (exact) mass is 338 g/mol. The van der Waals surface area contributed by atoms with Crippen LogP contribution in [0.25, 0.3) is 0 Å². The summed E-state index contributed by atoms with van der Waals surface area (Å²) in [5.74, 6) is 0.307. The van der Waals surface area contributed by atoms with Crippen molar-refractivity contribution in [1.29, 1.82) is 0 Å². The number of anilines is 1. The number of hydrogen-bond acceptors (Lipinski definition) is 4. The molecule has 0 bridgehead atoms. The van der Waals surface area contributed by atoms with Crippen molar-refractivity contribution < 1.29 is 4.39 Å². The van der Waals surface area contributed by atoms with Gasteiger partial charge in [-0.15, -0.1) is 0 Å². The maximum Gasteiger partial charge on any atom is 0.165 e. The minimum absolute atomic E-state index is 0.162. The predicted molar refractivity (Wildman–Crippen MR) is 98.5 cm³/mol. The second kappa shape index (κ2) is 6.87. The van der Waals surface area contributed by atoms with Gasteiger partial charge in [0.25, 0.3) is 0 Å². The Balaban J connectivity index is 1.64. The Morgan fingerprint density at radius 1 is 1.22 bits per heavy atom. The third-order valence-electron chi connectivity index (χ3n) is 4.87. The molecule has 23 heavy (non-hydrogen) atoms. The van der Waals surface area contributed by atoms with Gasteiger partial charge in [-0.3, -0.25) is 4.90 Å². The van der Waals surface area contributed by atoms with E-state index in [-0.39, 0.29) is 16.3 Å². The van der Waals surface area contributed by atoms with Crippen molar-refractivity contribution in [2.75, 3.05) is 57.2 Å². The summed E-state index contributed by atoms with van der Waals surface area (Å²) in [6.07, 6.45) is 4.28. The van der Waals surface area contributed by atoms with Crippen molar-refractivity contribution in [2.24, 2.45) is 0 Å². The lowest BCUT2D eigenvalue weighted by Crippen LogP contribution is -2.64. The van der Waals surface area contributed by atoms with Crippen molar-refractivity contribution in [3.63, 3.8) is 0 Å². The maximum atomic E-state index is 14.1. The van der Waals surface area contributed by atoms with E-state index >= 15 is 0 Å². The minimum Gasteiger partial charge on any atom is -0.351 e. The molecule has 0 saturated carbocycles. The van der Waals surface area contributed by atoms with Gasteiger partial charge in [-0.2, -0.15) is 10.5 Å². The van der Waals surface area contributed by atoms with Crippen molar-refractivity contribution in [2.45, 2.75) is 19.0 Å². The molecule has 0 radical (unpaired) electrons. The lowest BCUT2D eigenvalue weighted by atomic mass is 10.0. The first-order valence-corrected chi connectivity index (χ1v) is 10.3. The van der Waals surface area contributed by atoms with Crippen LogP contribution < -0.4 is 4.90 Å². The summed E-state index contributed by atoms with van der Waals surface area (Å²) in [4.78, 5) is 11.5. The summed E-state index contributed by atoms with van der Waals surface area (Å²) in [7, 11) is 2.35. The highest BCUT2D eigenvalue weighted by Gasteiger charge is 2.36. The third kappa shape index (κ3) is 3.75. The minimum atomic E-state index is -0.209. The van der Waals surface area contributed by atoms with Gasteiger partial charge >= 0.3 is 0 Å². The number of pyridine rings is 1. The van der Waals surface area contributed by atoms with Crippen molar-refractivity contribution in [1.82, 2.24) is 14.8 Å². The Morgan fingerprint density at radius 2 is 1.96 bits per heavy atom. The van der Waals surface area contributed by atoms with Gasteiger partial charge in [-0.25, -0.2) is 9.37 Å². The molecule has 0 unspecified atom stereocenters. The molecule has 128 valence electrons. The molecule has 0 aromatic carbocycles. The molecular weight excluding hydrogens is 311 g/mol. The molecule has 2 aliphatic rings. The van der Waals surface area contributed by atoms with Crippen LogP contribution >= 0.6 is 10.5 Å². The van der Waals surface area contributed by atoms with Gasteiger partial charge in [0.1, 0.15) is 0 Å². The Hall–Kier alpha value is -0.980. The van der Waals surface area contributed by atoms with E-state index in [4.69, 9.17) is 0 Å². The number of rotatable bonds is 3. The van der Waals surface area contributed by atoms with Gasteiger partial charge in [0.15, 0.2) is 11.6 Å². The van der Waals surface area contributed by atoms with Gasteiger partial charge < -0.3 is 9.80 Å². The lowest BCUT2D eigenvalue weighted by Gasteiger charge is -2.49. The Bertz CT molecular complexity index is 596. The number of likely N-dealkylation sites (N-methyl/N-ethyl adjacent to an activating group) is 1. The van der Waals surface area contributed by atoms with Crippen LogP contribution in [0.15, 0.2) is 12.1 Å². The molecule has 2 fully saturated rings. The molecule has 1 aromatic rings. The van der Waals surface area contributed by atoms with E-state index in [2.05, 4.69) is 51.5 Å². The van der Waals surface area contributed by atoms with E-state index in [1.54, 1.807) is 12.1 Å². The van der Waals surface area contributed by atoms with E-state index in [1.807, 2.05) is 0 Å². The van der Waals surface area contributed by atoms with E-state index in [0.29, 0.717) is 17.9 Å². The lowest BCUT2D eigenvalue weighted by molar-refractivity contribution is 0.0608. The summed E-state index contributed by atoms with van der Waals surface area (Å²) < 4.78 is 14.1. The molecule has 1 aromatic heterocycles. The van der Waals surface area contributed by atoms with E-state index < -0.39 is 0 Å². The van der Waals surface area contributed by atoms with E-state index in [1.165, 1.54) is 0 Å². The average Bonchev–Trinajstić information content (AvgIpc) is 2.44. The fraction of sp³-hybridized carbons (Fsp3) is 0.647. The second-order valence-electron chi connectivity index (χ2n) is 6.92. The van der Waals surface area contributed by atoms with Gasteiger partial charge in [-0.05, 0) is 44.0 Å². The highest BCUT2D eigenvalue weighted by Crippen LogP contribution is 2.26. The fourth-order valence-electron chi connectivity index (χ4n) is 3.24. The maximum absolute atomic E-state index is 14.1. The molecule has 2 saturated heterocycles. The number of hydrogen-bond donors (Lipinski definition) is 0. The number of nitrogens with zero attached hydrogens (tertiary/aromatic N) is 4. The van der Waals surface area contributed by atoms with Crippen molar-refractivity contribution >= 4 is 21.7 Å². The first kappa shape index (κ1) is 16.9. The number of halogens is 1. The van der Waals surface area contributed by atoms with Crippen LogP contribution in [0.1, 0.15) is 12.6 Å². The summed E-state index contributed by atoms with van der Waals surface area (Å²) in [6, 6.07) is 4.45. The van der Waals surface area contributed by atoms with Crippen LogP contribution in [-0.4, -0.2) is 84.5 Å². The van der Waals surface area contributed by atoms with Gasteiger partial charge in [0.2, 0.25) is 0 Å². The zero-order valence-corrected chi connectivity index (χ0v) is 15.3. The molecule has 0 amide bonds. The van der Waals surface area contributed by atoms with Crippen LogP contribution in [0.4, 0.5) is 10.2 Å². The van der Waals surface area contributed by atoms with Crippen LogP contribution in [0.3, 0.4) is 0 Å². The largest absolute Gasteiger partial charge is 0.351 e. The summed E-state index contributed by atoms with van der Waals surface area (Å²) in [5.41, 5.74) is 0.881. The molecule has 4 nitrogen and oxygen atoms in total. The third-order valence-corrected chi connectivity index (χ3v) is 5.59. The zero-order chi connectivity index (χ0) is 16.6. The molecule has 6 heteroatoms. The quantitative estimate of drug-likeness (QED) is 0.783. The first-order chi connectivity index (χ1) is 10.9. The zero-order valence-electron chi connectivity index (χ0n) is 14.5. The Kier molecular flexibility index (Phi) is 5.04. The van der Waals surface area contributed by atoms with Crippen LogP contribution in [0.2, 0.25) is 0 Å². The molecule has 0 spiro atoms. The Labute approximate surface area is 141 Å². The van der Waals surface area contributed by atoms with Crippen molar-refractivity contribution in [3.8, 4) is 0 Å². The molecule has 1 atom stereocenters. The summed E-state index contributed by atoms with van der Waals surface area (Å²) >= 11 is 0. The average molecular weight is 338 g/mol. The molecule has 3 heterocycles. The number of piperazine rings is 1. The number of aromatic nitrogens is 1. The highest BCUT2D eigenvalue weighted by atomic mass is 32.2. The molecule has 0 aliphatic carbocycles. The first-order valence-electron chi connectivity index (χ1n) is 8.21. The Morgan fingerprint density at radius 3 is 2.61 bits per heavy atom. The van der Waals surface area contributed by atoms with Crippen LogP contribution in [0, 0.1) is 5.82 Å². The molecular formula is C17H27FN4S. The normalized spacial score (nSPS) is 24.1. The summed E-state index contributed by atoms with van der Waals surface area (Å²) in [6.45, 7) is 7.37. The predicted octanol–water partition coefficient (Wildman–Crippen LogP) is 1.72. The van der Waals surface area contributed by atoms with Gasteiger partial charge in [0, 0.05) is 44.8 Å². The fourth-order valence-corrected chi connectivity index (χ4v) is 3.86. The molecule has 0 N–H and O–H groups in total. The standard InChI is InChI=1S/C17H27FN4S/c1-13-9-21(8-7-20(13)2)15-10-22(11-15)17-16(18)6-5-14(19-17)12-23(3)4/h5-6,12-13,15H,7-11H2,1-4H3/t13-/m1/s1. The molecule has 2 aliphatic heterocycles. The van der Waals surface area contributed by atoms with Crippen molar-refractivity contribution in [3.05, 3.63) is 23.6 Å². The summed E-state index contributed by atoms with van der Waals surface area (Å²) in [5, 5.41) is 2.10. The molecule has 3 rings (SSSR count). The van der Waals surface area contributed by atoms with Gasteiger partial charge in [-0.1, -0.05) is 0 Å². The van der Waals surface area contributed by atoms with Crippen LogP contribution in [-0.2, 0) is 0 Å². The van der Waals surface area contributed by atoms with E-state index in [9.17, 15) is 4.39 Å². The smallest absolute Gasteiger partial charge is 0.165 e. The van der Waals surface area contributed by atoms with Crippen LogP contribution in [0.5, 0.6) is 0 Å². The SMILES string of the molecule is C[C@@H]1CN(C2CN(c3nc(C=S(C)C)ccc3F)C2)CCN1C. The topological polar surface area (TPSA) is 22.6 Å². The van der Waals surface area contributed by atoms with Gasteiger partial charge in [0.05, 0.1) is 5.69 Å². The van der Waals surface area contributed by atoms with E-state index in [0.717, 1.165) is 38.4 Å².